The van der Waals surface area contributed by atoms with Crippen LogP contribution in [-0.4, -0.2) is 54.4 Å². The fourth-order valence-electron chi connectivity index (χ4n) is 3.25. The van der Waals surface area contributed by atoms with E-state index in [0.29, 0.717) is 6.54 Å². The van der Waals surface area contributed by atoms with Crippen molar-refractivity contribution >= 4 is 11.7 Å². The number of anilines is 1. The van der Waals surface area contributed by atoms with Gasteiger partial charge in [-0.05, 0) is 30.9 Å². The Balaban J connectivity index is 1.51. The van der Waals surface area contributed by atoms with Gasteiger partial charge in [-0.15, -0.1) is 0 Å². The number of amides is 2. The summed E-state index contributed by atoms with van der Waals surface area (Å²) in [5.41, 5.74) is 1.21. The van der Waals surface area contributed by atoms with Crippen LogP contribution < -0.4 is 10.2 Å². The summed E-state index contributed by atoms with van der Waals surface area (Å²) in [5.74, 6) is 0.282. The Morgan fingerprint density at radius 1 is 1.18 bits per heavy atom. The van der Waals surface area contributed by atoms with Gasteiger partial charge < -0.3 is 20.2 Å². The number of hydrogen-bond donors (Lipinski definition) is 2. The van der Waals surface area contributed by atoms with Crippen LogP contribution in [0.3, 0.4) is 0 Å². The van der Waals surface area contributed by atoms with Crippen LogP contribution in [0.15, 0.2) is 30.3 Å². The molecule has 5 heteroatoms. The minimum atomic E-state index is -0.399. The molecule has 2 fully saturated rings. The highest BCUT2D eigenvalue weighted by Gasteiger charge is 2.30. The molecule has 2 aliphatic heterocycles. The van der Waals surface area contributed by atoms with E-state index in [0.717, 1.165) is 32.5 Å². The number of β-amino-alcohol motifs (C(OH)–C–C–N with tert-alkyl or cyclic N) is 1. The zero-order valence-corrected chi connectivity index (χ0v) is 13.1. The average Bonchev–Trinajstić information content (AvgIpc) is 2.99. The van der Waals surface area contributed by atoms with Crippen molar-refractivity contribution in [2.24, 2.45) is 5.92 Å². The molecule has 120 valence electrons. The fourth-order valence-corrected chi connectivity index (χ4v) is 3.25. The molecule has 3 atom stereocenters. The number of urea groups is 1. The number of nitrogens with zero attached hydrogens (tertiary/aromatic N) is 2. The molecule has 3 unspecified atom stereocenters. The van der Waals surface area contributed by atoms with Gasteiger partial charge in [0.25, 0.3) is 0 Å². The maximum Gasteiger partial charge on any atom is 0.317 e. The van der Waals surface area contributed by atoms with Gasteiger partial charge in [-0.3, -0.25) is 0 Å². The molecule has 0 aliphatic carbocycles. The van der Waals surface area contributed by atoms with Crippen LogP contribution >= 0.6 is 0 Å². The zero-order chi connectivity index (χ0) is 15.5. The lowest BCUT2D eigenvalue weighted by atomic mass is 9.96. The minimum absolute atomic E-state index is 0.0362. The van der Waals surface area contributed by atoms with E-state index in [-0.39, 0.29) is 18.0 Å². The van der Waals surface area contributed by atoms with E-state index in [4.69, 9.17) is 0 Å². The van der Waals surface area contributed by atoms with Gasteiger partial charge in [0.2, 0.25) is 0 Å². The number of benzene rings is 1. The van der Waals surface area contributed by atoms with E-state index in [2.05, 4.69) is 22.3 Å². The number of aliphatic hydroxyl groups excluding tert-OH is 1. The van der Waals surface area contributed by atoms with Gasteiger partial charge in [0.05, 0.1) is 6.10 Å². The third-order valence-electron chi connectivity index (χ3n) is 4.84. The summed E-state index contributed by atoms with van der Waals surface area (Å²) < 4.78 is 0. The van der Waals surface area contributed by atoms with Crippen molar-refractivity contribution in [1.82, 2.24) is 10.2 Å². The molecule has 0 aromatic heterocycles. The quantitative estimate of drug-likeness (QED) is 0.874. The number of para-hydroxylation sites is 1. The molecule has 0 spiro atoms. The maximum atomic E-state index is 12.3. The van der Waals surface area contributed by atoms with Crippen molar-refractivity contribution < 1.29 is 9.90 Å². The van der Waals surface area contributed by atoms with E-state index in [1.54, 1.807) is 4.90 Å². The van der Waals surface area contributed by atoms with Gasteiger partial charge in [-0.25, -0.2) is 4.79 Å². The smallest absolute Gasteiger partial charge is 0.317 e. The molecule has 0 radical (unpaired) electrons. The molecule has 1 aromatic rings. The molecule has 0 bridgehead atoms. The Kier molecular flexibility index (Phi) is 4.52. The number of carbonyl (C=O) groups is 1. The first-order valence-corrected chi connectivity index (χ1v) is 8.17. The number of likely N-dealkylation sites (tertiary alicyclic amines) is 1. The van der Waals surface area contributed by atoms with Crippen molar-refractivity contribution in [2.75, 3.05) is 31.1 Å². The second kappa shape index (κ2) is 6.57. The van der Waals surface area contributed by atoms with Crippen LogP contribution in [0.4, 0.5) is 10.5 Å². The highest BCUT2D eigenvalue weighted by atomic mass is 16.3. The lowest BCUT2D eigenvalue weighted by molar-refractivity contribution is 0.0431. The largest absolute Gasteiger partial charge is 0.391 e. The Hall–Kier alpha value is -1.75. The second-order valence-corrected chi connectivity index (χ2v) is 6.50. The molecule has 0 saturated carbocycles. The van der Waals surface area contributed by atoms with E-state index in [1.807, 2.05) is 25.1 Å². The van der Waals surface area contributed by atoms with Crippen molar-refractivity contribution in [2.45, 2.75) is 31.9 Å². The molecular weight excluding hydrogens is 278 g/mol. The first-order valence-electron chi connectivity index (χ1n) is 8.17. The van der Waals surface area contributed by atoms with E-state index in [1.165, 1.54) is 5.69 Å². The Morgan fingerprint density at radius 2 is 1.95 bits per heavy atom. The Bertz CT molecular complexity index is 508. The second-order valence-electron chi connectivity index (χ2n) is 6.50. The summed E-state index contributed by atoms with van der Waals surface area (Å²) in [5, 5.41) is 13.0. The standard InChI is InChI=1S/C17H25N3O2/c1-13-7-9-20(12-16(13)21)17(22)18-14-8-10-19(11-14)15-5-3-2-4-6-15/h2-6,13-14,16,21H,7-12H2,1H3,(H,18,22). The molecule has 2 amide bonds. The highest BCUT2D eigenvalue weighted by Crippen LogP contribution is 2.21. The summed E-state index contributed by atoms with van der Waals surface area (Å²) in [6.07, 6.45) is 1.44. The predicted molar refractivity (Wildman–Crippen MR) is 87.0 cm³/mol. The summed E-state index contributed by atoms with van der Waals surface area (Å²) in [7, 11) is 0. The molecule has 5 nitrogen and oxygen atoms in total. The van der Waals surface area contributed by atoms with Crippen LogP contribution in [0.5, 0.6) is 0 Å². The molecule has 22 heavy (non-hydrogen) atoms. The van der Waals surface area contributed by atoms with Gasteiger partial charge in [0.1, 0.15) is 0 Å². The van der Waals surface area contributed by atoms with Gasteiger partial charge in [-0.2, -0.15) is 0 Å². The van der Waals surface area contributed by atoms with Crippen LogP contribution in [0.1, 0.15) is 19.8 Å². The van der Waals surface area contributed by atoms with Crippen molar-refractivity contribution in [3.63, 3.8) is 0 Å². The van der Waals surface area contributed by atoms with E-state index < -0.39 is 6.10 Å². The predicted octanol–water partition coefficient (Wildman–Crippen LogP) is 1.68. The lowest BCUT2D eigenvalue weighted by Gasteiger charge is -2.34. The van der Waals surface area contributed by atoms with Gasteiger partial charge >= 0.3 is 6.03 Å². The average molecular weight is 303 g/mol. The first-order chi connectivity index (χ1) is 10.6. The third-order valence-corrected chi connectivity index (χ3v) is 4.84. The summed E-state index contributed by atoms with van der Waals surface area (Å²) in [6.45, 7) is 5.03. The van der Waals surface area contributed by atoms with Crippen LogP contribution in [0.2, 0.25) is 0 Å². The number of aliphatic hydroxyl groups is 1. The van der Waals surface area contributed by atoms with Crippen LogP contribution in [0, 0.1) is 5.92 Å². The van der Waals surface area contributed by atoms with Crippen molar-refractivity contribution in [3.05, 3.63) is 30.3 Å². The number of rotatable bonds is 2. The molecule has 1 aromatic carbocycles. The third kappa shape index (κ3) is 3.35. The summed E-state index contributed by atoms with van der Waals surface area (Å²) in [4.78, 5) is 16.4. The topological polar surface area (TPSA) is 55.8 Å². The monoisotopic (exact) mass is 303 g/mol. The lowest BCUT2D eigenvalue weighted by Crippen LogP contribution is -2.52. The van der Waals surface area contributed by atoms with E-state index in [9.17, 15) is 9.90 Å². The normalized spacial score (nSPS) is 28.7. The summed E-state index contributed by atoms with van der Waals surface area (Å²) in [6, 6.07) is 10.4. The maximum absolute atomic E-state index is 12.3. The Morgan fingerprint density at radius 3 is 2.68 bits per heavy atom. The zero-order valence-electron chi connectivity index (χ0n) is 13.1. The minimum Gasteiger partial charge on any atom is -0.391 e. The molecule has 2 N–H and O–H groups in total. The SMILES string of the molecule is CC1CCN(C(=O)NC2CCN(c3ccccc3)C2)CC1O. The van der Waals surface area contributed by atoms with Crippen LogP contribution in [-0.2, 0) is 0 Å². The van der Waals surface area contributed by atoms with Gasteiger partial charge in [0.15, 0.2) is 0 Å². The number of carbonyl (C=O) groups excluding carboxylic acids is 1. The Labute approximate surface area is 131 Å². The molecular formula is C17H25N3O2. The van der Waals surface area contributed by atoms with E-state index >= 15 is 0 Å². The molecule has 2 heterocycles. The van der Waals surface area contributed by atoms with Crippen molar-refractivity contribution in [3.8, 4) is 0 Å². The van der Waals surface area contributed by atoms with Crippen LogP contribution in [0.25, 0.3) is 0 Å². The highest BCUT2D eigenvalue weighted by molar-refractivity contribution is 5.75. The number of hydrogen-bond acceptors (Lipinski definition) is 3. The molecule has 2 aliphatic rings. The number of nitrogens with one attached hydrogen (secondary N) is 1. The summed E-state index contributed by atoms with van der Waals surface area (Å²) >= 11 is 0. The van der Waals surface area contributed by atoms with Crippen molar-refractivity contribution in [1.29, 1.82) is 0 Å². The number of piperidine rings is 1. The fraction of sp³-hybridized carbons (Fsp3) is 0.588. The molecule has 3 rings (SSSR count). The molecule has 2 saturated heterocycles. The van der Waals surface area contributed by atoms with Gasteiger partial charge in [-0.1, -0.05) is 25.1 Å². The first kappa shape index (κ1) is 15.2. The van der Waals surface area contributed by atoms with Gasteiger partial charge in [0, 0.05) is 37.9 Å².